The number of nitrogens with one attached hydrogen (secondary N) is 2. The lowest BCUT2D eigenvalue weighted by atomic mass is 9.98. The summed E-state index contributed by atoms with van der Waals surface area (Å²) in [6.07, 6.45) is 8.82. The van der Waals surface area contributed by atoms with Crippen LogP contribution in [-0.4, -0.2) is 79.2 Å². The number of carbonyl (C=O) groups excluding carboxylic acids is 2. The predicted molar refractivity (Wildman–Crippen MR) is 181 cm³/mol. The van der Waals surface area contributed by atoms with Crippen molar-refractivity contribution in [3.05, 3.63) is 95.6 Å². The Balaban J connectivity index is 1.44. The van der Waals surface area contributed by atoms with E-state index in [0.717, 1.165) is 5.82 Å². The number of cyclic esters (lactones) is 1. The number of rotatable bonds is 11. The Morgan fingerprint density at radius 1 is 1.10 bits per heavy atom. The van der Waals surface area contributed by atoms with Crippen LogP contribution in [0.1, 0.15) is 66.2 Å². The Kier molecular flexibility index (Phi) is 12.2. The molecule has 2 N–H and O–H groups in total. The number of nitrogens with zero attached hydrogens (tertiary/aromatic N) is 1. The van der Waals surface area contributed by atoms with Gasteiger partial charge in [-0.05, 0) is 57.0 Å². The predicted octanol–water partition coefficient (Wildman–Crippen LogP) is 5.46. The number of aromatic nitrogens is 2. The van der Waals surface area contributed by atoms with Gasteiger partial charge in [-0.1, -0.05) is 43.4 Å². The Hall–Kier alpha value is -4.49. The van der Waals surface area contributed by atoms with E-state index in [1.54, 1.807) is 54.9 Å². The third-order valence-corrected chi connectivity index (χ3v) is 8.14. The Morgan fingerprint density at radius 3 is 2.67 bits per heavy atom. The fourth-order valence-electron chi connectivity index (χ4n) is 5.53. The number of carbonyl (C=O) groups is 2. The molecule has 12 heteroatoms. The number of esters is 2. The van der Waals surface area contributed by atoms with Gasteiger partial charge in [0.15, 0.2) is 12.6 Å². The molecule has 49 heavy (non-hydrogen) atoms. The summed E-state index contributed by atoms with van der Waals surface area (Å²) in [7, 11) is 1.50. The second kappa shape index (κ2) is 16.8. The van der Waals surface area contributed by atoms with Gasteiger partial charge in [-0.15, -0.1) is 0 Å². The third-order valence-electron chi connectivity index (χ3n) is 8.14. The zero-order chi connectivity index (χ0) is 34.8. The molecule has 2 aliphatic heterocycles. The highest BCUT2D eigenvalue weighted by molar-refractivity contribution is 5.97. The molecule has 0 amide bonds. The maximum Gasteiger partial charge on any atom is 0.342 e. The average Bonchev–Trinajstić information content (AvgIpc) is 3.71. The molecule has 5 rings (SSSR count). The van der Waals surface area contributed by atoms with E-state index in [-0.39, 0.29) is 24.0 Å². The van der Waals surface area contributed by atoms with E-state index in [0.29, 0.717) is 43.0 Å². The van der Waals surface area contributed by atoms with E-state index in [2.05, 4.69) is 15.3 Å². The number of fused-ring (bicyclic) bond motifs is 2. The summed E-state index contributed by atoms with van der Waals surface area (Å²) < 4.78 is 41.8. The Bertz CT molecular complexity index is 1590. The molecule has 2 aliphatic rings. The third kappa shape index (κ3) is 9.79. The summed E-state index contributed by atoms with van der Waals surface area (Å²) >= 11 is 0. The minimum absolute atomic E-state index is 0.0839. The first-order valence-electron chi connectivity index (χ1n) is 16.4. The number of ether oxygens (including phenoxy) is 7. The Morgan fingerprint density at radius 2 is 1.92 bits per heavy atom. The summed E-state index contributed by atoms with van der Waals surface area (Å²) in [5, 5.41) is 3.27. The summed E-state index contributed by atoms with van der Waals surface area (Å²) in [5.41, 5.74) is 1.20. The lowest BCUT2D eigenvalue weighted by Gasteiger charge is -2.25. The molecule has 4 unspecified atom stereocenters. The second-order valence-corrected chi connectivity index (χ2v) is 12.4. The summed E-state index contributed by atoms with van der Waals surface area (Å²) in [6, 6.07) is 12.2. The number of aromatic amines is 1. The van der Waals surface area contributed by atoms with E-state index >= 15 is 0 Å². The molecule has 0 saturated carbocycles. The van der Waals surface area contributed by atoms with E-state index in [4.69, 9.17) is 33.2 Å². The van der Waals surface area contributed by atoms with Crippen molar-refractivity contribution in [2.24, 2.45) is 5.92 Å². The van der Waals surface area contributed by atoms with Crippen LogP contribution in [0.3, 0.4) is 0 Å². The number of benzene rings is 2. The van der Waals surface area contributed by atoms with Crippen molar-refractivity contribution < 1.29 is 42.7 Å². The van der Waals surface area contributed by atoms with Crippen LogP contribution in [-0.2, 0) is 30.2 Å². The van der Waals surface area contributed by atoms with Gasteiger partial charge in [-0.3, -0.25) is 0 Å². The molecule has 262 valence electrons. The monoisotopic (exact) mass is 675 g/mol. The van der Waals surface area contributed by atoms with Crippen LogP contribution in [0.2, 0.25) is 0 Å². The van der Waals surface area contributed by atoms with Crippen molar-refractivity contribution in [3.8, 4) is 11.5 Å². The lowest BCUT2D eigenvalue weighted by Crippen LogP contribution is -2.37. The van der Waals surface area contributed by atoms with E-state index in [9.17, 15) is 9.59 Å². The van der Waals surface area contributed by atoms with Gasteiger partial charge in [0.1, 0.15) is 47.8 Å². The van der Waals surface area contributed by atoms with E-state index in [1.165, 1.54) is 7.11 Å². The van der Waals surface area contributed by atoms with Gasteiger partial charge in [-0.2, -0.15) is 0 Å². The molecule has 1 saturated heterocycles. The Labute approximate surface area is 286 Å². The van der Waals surface area contributed by atoms with Gasteiger partial charge < -0.3 is 43.5 Å². The van der Waals surface area contributed by atoms with Crippen LogP contribution in [0, 0.1) is 5.92 Å². The first kappa shape index (κ1) is 35.8. The summed E-state index contributed by atoms with van der Waals surface area (Å²) in [6.45, 7) is 8.78. The lowest BCUT2D eigenvalue weighted by molar-refractivity contribution is -0.152. The number of hydrogen-bond acceptors (Lipinski definition) is 11. The highest BCUT2D eigenvalue weighted by Crippen LogP contribution is 2.36. The molecule has 3 aromatic rings. The fraction of sp³-hybridized carbons (Fsp3) is 0.432. The van der Waals surface area contributed by atoms with Crippen molar-refractivity contribution in [2.45, 2.75) is 70.9 Å². The highest BCUT2D eigenvalue weighted by Gasteiger charge is 2.45. The first-order valence-corrected chi connectivity index (χ1v) is 16.4. The quantitative estimate of drug-likeness (QED) is 0.116. The minimum atomic E-state index is -0.925. The van der Waals surface area contributed by atoms with Crippen LogP contribution < -0.4 is 14.8 Å². The normalized spacial score (nSPS) is 24.8. The minimum Gasteiger partial charge on any atom is -0.492 e. The van der Waals surface area contributed by atoms with Crippen LogP contribution in [0.15, 0.2) is 73.1 Å². The molecule has 5 atom stereocenters. The first-order chi connectivity index (χ1) is 23.6. The van der Waals surface area contributed by atoms with E-state index in [1.807, 2.05) is 52.0 Å². The maximum absolute atomic E-state index is 13.8. The largest absolute Gasteiger partial charge is 0.492 e. The van der Waals surface area contributed by atoms with Gasteiger partial charge in [0.2, 0.25) is 0 Å². The number of hydrogen-bond donors (Lipinski definition) is 2. The molecule has 0 aliphatic carbocycles. The van der Waals surface area contributed by atoms with Crippen molar-refractivity contribution >= 4 is 18.0 Å². The maximum atomic E-state index is 13.8. The topological polar surface area (TPSA) is 139 Å². The molecule has 3 heterocycles. The number of H-pyrrole nitrogens is 1. The van der Waals surface area contributed by atoms with Crippen LogP contribution >= 0.6 is 0 Å². The van der Waals surface area contributed by atoms with Crippen LogP contribution in [0.4, 0.5) is 0 Å². The molecular formula is C37H45N3O9. The summed E-state index contributed by atoms with van der Waals surface area (Å²) in [4.78, 5) is 34.3. The average molecular weight is 676 g/mol. The fourth-order valence-corrected chi connectivity index (χ4v) is 5.53. The number of methoxy groups -OCH3 is 1. The molecule has 1 aromatic heterocycles. The molecule has 0 bridgehead atoms. The summed E-state index contributed by atoms with van der Waals surface area (Å²) in [5.74, 6) is -0.626. The van der Waals surface area contributed by atoms with Crippen LogP contribution in [0.25, 0.3) is 6.08 Å². The van der Waals surface area contributed by atoms with Gasteiger partial charge in [0.25, 0.3) is 0 Å². The zero-order valence-corrected chi connectivity index (χ0v) is 28.5. The smallest absolute Gasteiger partial charge is 0.342 e. The van der Waals surface area contributed by atoms with Gasteiger partial charge in [0, 0.05) is 38.0 Å². The van der Waals surface area contributed by atoms with Gasteiger partial charge in [-0.25, -0.2) is 14.6 Å². The van der Waals surface area contributed by atoms with Gasteiger partial charge in [0.05, 0.1) is 18.2 Å². The van der Waals surface area contributed by atoms with Gasteiger partial charge >= 0.3 is 11.9 Å². The van der Waals surface area contributed by atoms with Crippen molar-refractivity contribution in [1.29, 1.82) is 0 Å². The molecular weight excluding hydrogens is 630 g/mol. The molecule has 0 spiro atoms. The molecule has 1 fully saturated rings. The molecule has 0 radical (unpaired) electrons. The molecule has 2 aromatic carbocycles. The zero-order valence-electron chi connectivity index (χ0n) is 28.5. The van der Waals surface area contributed by atoms with Crippen molar-refractivity contribution in [3.63, 3.8) is 0 Å². The second-order valence-electron chi connectivity index (χ2n) is 12.4. The van der Waals surface area contributed by atoms with Crippen molar-refractivity contribution in [1.82, 2.24) is 15.3 Å². The highest BCUT2D eigenvalue weighted by atomic mass is 16.8. The SMILES string of the molecule is COCOc1cc(OCCNCc2ncc[nH]2)cc2c1C(=O)OC(C)[C@H](C)/C=C\C(OC(=O)c1ccccc1)C1OC(C)(C)OC1C/C=C/2. The van der Waals surface area contributed by atoms with Crippen molar-refractivity contribution in [2.75, 3.05) is 27.1 Å². The standard InChI is InChI=1S/C37H45N3O9/c1-24-14-15-29(47-35(41)26-10-7-6-8-11-26)34-30(48-37(3,4)49-34)13-9-12-27-20-28(44-19-18-38-22-32-39-16-17-40-32)21-31(45-23-43-5)33(27)36(42)46-25(24)2/h6-12,14-17,20-21,24-25,29-30,34,38H,13,18-19,22-23H2,1-5H3,(H,39,40)/b12-9+,15-14-/t24-,25?,29?,30?,34?/m1/s1. The van der Waals surface area contributed by atoms with Crippen LogP contribution in [0.5, 0.6) is 11.5 Å². The van der Waals surface area contributed by atoms with E-state index < -0.39 is 42.1 Å². The molecule has 12 nitrogen and oxygen atoms in total. The number of imidazole rings is 1.